The molecule has 1 amide bonds. The van der Waals surface area contributed by atoms with Gasteiger partial charge in [0.25, 0.3) is 5.91 Å². The number of likely N-dealkylation sites (tertiary alicyclic amines) is 1. The number of carbonyl (C=O) groups is 1. The van der Waals surface area contributed by atoms with Crippen LogP contribution in [0.25, 0.3) is 22.0 Å². The highest BCUT2D eigenvalue weighted by Gasteiger charge is 2.14. The Morgan fingerprint density at radius 1 is 0.941 bits per heavy atom. The van der Waals surface area contributed by atoms with Gasteiger partial charge in [-0.2, -0.15) is 0 Å². The second-order valence-corrected chi connectivity index (χ2v) is 8.80. The third kappa shape index (κ3) is 4.54. The van der Waals surface area contributed by atoms with Gasteiger partial charge in [-0.3, -0.25) is 14.7 Å². The van der Waals surface area contributed by atoms with Crippen LogP contribution in [0.1, 0.15) is 34.3 Å². The standard InChI is InChI=1S/C28H25F2N3O/c1-18-26(11-9-23-14-19(16-31-27(18)23)17-33-12-2-3-13-33)32-28(34)21-6-4-20(5-7-21)22-8-10-24(29)25(30)15-22/h4-11,14-16H,2-3,12-13,17H2,1H3,(H,32,34). The van der Waals surface area contributed by atoms with Crippen molar-refractivity contribution in [2.45, 2.75) is 26.3 Å². The second-order valence-electron chi connectivity index (χ2n) is 8.80. The molecule has 6 heteroatoms. The lowest BCUT2D eigenvalue weighted by Gasteiger charge is -2.15. The number of benzene rings is 3. The first kappa shape index (κ1) is 22.2. The van der Waals surface area contributed by atoms with E-state index >= 15 is 0 Å². The van der Waals surface area contributed by atoms with Gasteiger partial charge in [0.2, 0.25) is 0 Å². The summed E-state index contributed by atoms with van der Waals surface area (Å²) in [4.78, 5) is 20.0. The van der Waals surface area contributed by atoms with Crippen LogP contribution in [-0.2, 0) is 6.54 Å². The van der Waals surface area contributed by atoms with E-state index in [1.54, 1.807) is 24.3 Å². The molecule has 1 aliphatic heterocycles. The molecule has 1 saturated heterocycles. The van der Waals surface area contributed by atoms with Crippen molar-refractivity contribution in [1.29, 1.82) is 0 Å². The van der Waals surface area contributed by atoms with Gasteiger partial charge in [-0.1, -0.05) is 24.3 Å². The number of pyridine rings is 1. The van der Waals surface area contributed by atoms with Crippen molar-refractivity contribution in [2.24, 2.45) is 0 Å². The van der Waals surface area contributed by atoms with Crippen LogP contribution in [0.3, 0.4) is 0 Å². The zero-order chi connectivity index (χ0) is 23.7. The molecule has 1 aliphatic rings. The van der Waals surface area contributed by atoms with Crippen molar-refractivity contribution in [2.75, 3.05) is 18.4 Å². The van der Waals surface area contributed by atoms with E-state index in [0.29, 0.717) is 22.4 Å². The van der Waals surface area contributed by atoms with Crippen LogP contribution in [0, 0.1) is 18.6 Å². The van der Waals surface area contributed by atoms with Gasteiger partial charge in [0.05, 0.1) is 5.52 Å². The Bertz CT molecular complexity index is 1360. The normalized spacial score (nSPS) is 14.0. The fourth-order valence-electron chi connectivity index (χ4n) is 4.50. The van der Waals surface area contributed by atoms with Crippen LogP contribution in [0.4, 0.5) is 14.5 Å². The number of carbonyl (C=O) groups excluding carboxylic acids is 1. The number of aryl methyl sites for hydroxylation is 1. The molecule has 0 unspecified atom stereocenters. The van der Waals surface area contributed by atoms with E-state index in [1.165, 1.54) is 24.5 Å². The Morgan fingerprint density at radius 2 is 1.68 bits per heavy atom. The van der Waals surface area contributed by atoms with Crippen molar-refractivity contribution >= 4 is 22.5 Å². The topological polar surface area (TPSA) is 45.2 Å². The van der Waals surface area contributed by atoms with Gasteiger partial charge in [0.1, 0.15) is 0 Å². The summed E-state index contributed by atoms with van der Waals surface area (Å²) < 4.78 is 26.7. The van der Waals surface area contributed by atoms with E-state index < -0.39 is 11.6 Å². The Labute approximate surface area is 197 Å². The molecule has 1 fully saturated rings. The second kappa shape index (κ2) is 9.31. The number of aromatic nitrogens is 1. The van der Waals surface area contributed by atoms with Crippen LogP contribution in [-0.4, -0.2) is 28.9 Å². The van der Waals surface area contributed by atoms with Crippen LogP contribution < -0.4 is 5.32 Å². The first-order valence-electron chi connectivity index (χ1n) is 11.5. The first-order valence-corrected chi connectivity index (χ1v) is 11.5. The number of hydrogen-bond acceptors (Lipinski definition) is 3. The highest BCUT2D eigenvalue weighted by molar-refractivity contribution is 6.06. The number of nitrogens with zero attached hydrogens (tertiary/aromatic N) is 2. The molecule has 0 bridgehead atoms. The Balaban J connectivity index is 1.32. The largest absolute Gasteiger partial charge is 0.322 e. The van der Waals surface area contributed by atoms with Crippen LogP contribution in [0.2, 0.25) is 0 Å². The molecule has 0 aliphatic carbocycles. The SMILES string of the molecule is Cc1c(NC(=O)c2ccc(-c3ccc(F)c(F)c3)cc2)ccc2cc(CN3CCCC3)cnc12. The molecule has 0 atom stereocenters. The van der Waals surface area contributed by atoms with Crippen molar-refractivity contribution < 1.29 is 13.6 Å². The minimum absolute atomic E-state index is 0.245. The summed E-state index contributed by atoms with van der Waals surface area (Å²) in [5.41, 5.74) is 5.42. The molecular formula is C28H25F2N3O. The van der Waals surface area contributed by atoms with E-state index in [9.17, 15) is 13.6 Å². The van der Waals surface area contributed by atoms with Crippen molar-refractivity contribution in [1.82, 2.24) is 9.88 Å². The van der Waals surface area contributed by atoms with Gasteiger partial charge >= 0.3 is 0 Å². The van der Waals surface area contributed by atoms with Gasteiger partial charge in [0.15, 0.2) is 11.6 Å². The summed E-state index contributed by atoms with van der Waals surface area (Å²) >= 11 is 0. The monoisotopic (exact) mass is 457 g/mol. The van der Waals surface area contributed by atoms with Gasteiger partial charge in [-0.15, -0.1) is 0 Å². The van der Waals surface area contributed by atoms with E-state index in [0.717, 1.165) is 48.2 Å². The molecule has 2 heterocycles. The molecule has 5 rings (SSSR count). The minimum Gasteiger partial charge on any atom is -0.322 e. The number of rotatable bonds is 5. The third-order valence-corrected chi connectivity index (χ3v) is 6.42. The Hall–Kier alpha value is -3.64. The van der Waals surface area contributed by atoms with Gasteiger partial charge in [-0.05, 0) is 91.5 Å². The van der Waals surface area contributed by atoms with Gasteiger partial charge in [0, 0.05) is 29.4 Å². The van der Waals surface area contributed by atoms with Crippen molar-refractivity contribution in [3.63, 3.8) is 0 Å². The molecule has 1 aromatic heterocycles. The predicted molar refractivity (Wildman–Crippen MR) is 131 cm³/mol. The summed E-state index contributed by atoms with van der Waals surface area (Å²) in [5.74, 6) is -2.03. The van der Waals surface area contributed by atoms with E-state index in [-0.39, 0.29) is 5.91 Å². The van der Waals surface area contributed by atoms with Crippen molar-refractivity contribution in [3.8, 4) is 11.1 Å². The average molecular weight is 458 g/mol. The van der Waals surface area contributed by atoms with E-state index in [2.05, 4.69) is 21.3 Å². The number of anilines is 1. The molecule has 172 valence electrons. The number of fused-ring (bicyclic) bond motifs is 1. The zero-order valence-corrected chi connectivity index (χ0v) is 18.9. The summed E-state index contributed by atoms with van der Waals surface area (Å²) in [7, 11) is 0. The summed E-state index contributed by atoms with van der Waals surface area (Å²) in [6.07, 6.45) is 4.45. The summed E-state index contributed by atoms with van der Waals surface area (Å²) in [6, 6.07) is 16.6. The lowest BCUT2D eigenvalue weighted by Crippen LogP contribution is -2.18. The lowest BCUT2D eigenvalue weighted by molar-refractivity contribution is 0.102. The van der Waals surface area contributed by atoms with Crippen LogP contribution >= 0.6 is 0 Å². The molecule has 0 saturated carbocycles. The number of halogens is 2. The molecular weight excluding hydrogens is 432 g/mol. The van der Waals surface area contributed by atoms with Crippen LogP contribution in [0.5, 0.6) is 0 Å². The number of amides is 1. The van der Waals surface area contributed by atoms with Crippen LogP contribution in [0.15, 0.2) is 66.9 Å². The fourth-order valence-corrected chi connectivity index (χ4v) is 4.50. The Morgan fingerprint density at radius 3 is 2.41 bits per heavy atom. The highest BCUT2D eigenvalue weighted by atomic mass is 19.2. The van der Waals surface area contributed by atoms with Crippen molar-refractivity contribution in [3.05, 3.63) is 95.2 Å². The quantitative estimate of drug-likeness (QED) is 0.381. The first-order chi connectivity index (χ1) is 16.5. The van der Waals surface area contributed by atoms with Gasteiger partial charge < -0.3 is 5.32 Å². The molecule has 0 radical (unpaired) electrons. The average Bonchev–Trinajstić information content (AvgIpc) is 3.36. The maximum Gasteiger partial charge on any atom is 0.255 e. The number of hydrogen-bond donors (Lipinski definition) is 1. The smallest absolute Gasteiger partial charge is 0.255 e. The third-order valence-electron chi connectivity index (χ3n) is 6.42. The zero-order valence-electron chi connectivity index (χ0n) is 18.9. The van der Waals surface area contributed by atoms with E-state index in [1.807, 2.05) is 25.3 Å². The highest BCUT2D eigenvalue weighted by Crippen LogP contribution is 2.27. The maximum atomic E-state index is 13.5. The predicted octanol–water partition coefficient (Wildman–Crippen LogP) is 6.34. The summed E-state index contributed by atoms with van der Waals surface area (Å²) in [6.45, 7) is 5.16. The molecule has 4 aromatic rings. The van der Waals surface area contributed by atoms with E-state index in [4.69, 9.17) is 0 Å². The molecule has 1 N–H and O–H groups in total. The molecule has 4 nitrogen and oxygen atoms in total. The maximum absolute atomic E-state index is 13.5. The lowest BCUT2D eigenvalue weighted by atomic mass is 10.0. The molecule has 0 spiro atoms. The summed E-state index contributed by atoms with van der Waals surface area (Å²) in [5, 5.41) is 4.03. The Kier molecular flexibility index (Phi) is 6.07. The molecule has 34 heavy (non-hydrogen) atoms. The fraction of sp³-hybridized carbons (Fsp3) is 0.214. The number of nitrogens with one attached hydrogen (secondary N) is 1. The minimum atomic E-state index is -0.900. The molecule has 3 aromatic carbocycles. The van der Waals surface area contributed by atoms with Gasteiger partial charge in [-0.25, -0.2) is 8.78 Å².